The molecule has 4 nitrogen and oxygen atoms in total. The number of hydrogen-bond donors (Lipinski definition) is 3. The SMILES string of the molecule is CCCCC(CC)(CC(O)CO)C(=O)O. The largest absolute Gasteiger partial charge is 0.481 e. The van der Waals surface area contributed by atoms with Crippen molar-refractivity contribution in [2.45, 2.75) is 52.1 Å². The minimum absolute atomic E-state index is 0.134. The summed E-state index contributed by atoms with van der Waals surface area (Å²) in [4.78, 5) is 11.2. The van der Waals surface area contributed by atoms with Gasteiger partial charge in [-0.3, -0.25) is 4.79 Å². The van der Waals surface area contributed by atoms with Crippen LogP contribution in [0.5, 0.6) is 0 Å². The van der Waals surface area contributed by atoms with E-state index in [9.17, 15) is 15.0 Å². The van der Waals surface area contributed by atoms with Crippen molar-refractivity contribution >= 4 is 5.97 Å². The lowest BCUT2D eigenvalue weighted by Crippen LogP contribution is -2.35. The van der Waals surface area contributed by atoms with Crippen LogP contribution in [0.15, 0.2) is 0 Å². The number of carboxylic acid groups (broad SMARTS) is 1. The first-order valence-electron chi connectivity index (χ1n) is 5.54. The summed E-state index contributed by atoms with van der Waals surface area (Å²) in [5, 5.41) is 27.3. The molecule has 0 aromatic carbocycles. The van der Waals surface area contributed by atoms with Crippen molar-refractivity contribution in [3.8, 4) is 0 Å². The van der Waals surface area contributed by atoms with Crippen molar-refractivity contribution in [2.75, 3.05) is 6.61 Å². The third kappa shape index (κ3) is 4.18. The number of carbonyl (C=O) groups is 1. The van der Waals surface area contributed by atoms with E-state index in [0.29, 0.717) is 12.8 Å². The molecule has 0 spiro atoms. The molecule has 0 saturated heterocycles. The smallest absolute Gasteiger partial charge is 0.309 e. The van der Waals surface area contributed by atoms with Crippen molar-refractivity contribution in [3.05, 3.63) is 0 Å². The Morgan fingerprint density at radius 3 is 2.33 bits per heavy atom. The van der Waals surface area contributed by atoms with E-state index in [-0.39, 0.29) is 13.0 Å². The molecule has 15 heavy (non-hydrogen) atoms. The summed E-state index contributed by atoms with van der Waals surface area (Å²) in [6.45, 7) is 3.44. The Morgan fingerprint density at radius 2 is 2.00 bits per heavy atom. The van der Waals surface area contributed by atoms with Crippen molar-refractivity contribution < 1.29 is 20.1 Å². The molecule has 0 bridgehead atoms. The maximum absolute atomic E-state index is 11.2. The number of aliphatic carboxylic acids is 1. The normalized spacial score (nSPS) is 17.1. The fraction of sp³-hybridized carbons (Fsp3) is 0.909. The van der Waals surface area contributed by atoms with E-state index in [0.717, 1.165) is 12.8 Å². The summed E-state index contributed by atoms with van der Waals surface area (Å²) in [6, 6.07) is 0. The molecule has 0 aromatic rings. The van der Waals surface area contributed by atoms with Gasteiger partial charge in [0.1, 0.15) is 0 Å². The zero-order valence-electron chi connectivity index (χ0n) is 9.57. The summed E-state index contributed by atoms with van der Waals surface area (Å²) in [5.74, 6) is -0.869. The van der Waals surface area contributed by atoms with Gasteiger partial charge in [0.2, 0.25) is 0 Å². The van der Waals surface area contributed by atoms with Crippen molar-refractivity contribution in [1.82, 2.24) is 0 Å². The molecule has 0 fully saturated rings. The maximum Gasteiger partial charge on any atom is 0.309 e. The van der Waals surface area contributed by atoms with Crippen LogP contribution in [-0.4, -0.2) is 34.0 Å². The van der Waals surface area contributed by atoms with Gasteiger partial charge < -0.3 is 15.3 Å². The third-order valence-electron chi connectivity index (χ3n) is 2.98. The highest BCUT2D eigenvalue weighted by Crippen LogP contribution is 2.34. The fourth-order valence-corrected chi connectivity index (χ4v) is 1.80. The van der Waals surface area contributed by atoms with Crippen LogP contribution in [0.1, 0.15) is 46.0 Å². The minimum Gasteiger partial charge on any atom is -0.481 e. The number of carboxylic acids is 1. The van der Waals surface area contributed by atoms with E-state index in [1.807, 2.05) is 13.8 Å². The summed E-state index contributed by atoms with van der Waals surface area (Å²) in [7, 11) is 0. The van der Waals surface area contributed by atoms with Crippen LogP contribution in [0.25, 0.3) is 0 Å². The van der Waals surface area contributed by atoms with Crippen molar-refractivity contribution in [1.29, 1.82) is 0 Å². The van der Waals surface area contributed by atoms with Gasteiger partial charge in [-0.15, -0.1) is 0 Å². The number of rotatable bonds is 8. The highest BCUT2D eigenvalue weighted by atomic mass is 16.4. The molecule has 0 amide bonds. The second-order valence-corrected chi connectivity index (χ2v) is 4.08. The second kappa shape index (κ2) is 6.80. The lowest BCUT2D eigenvalue weighted by Gasteiger charge is -2.29. The van der Waals surface area contributed by atoms with Gasteiger partial charge in [-0.1, -0.05) is 26.7 Å². The monoisotopic (exact) mass is 218 g/mol. The molecule has 3 N–H and O–H groups in total. The first kappa shape index (κ1) is 14.4. The van der Waals surface area contributed by atoms with Gasteiger partial charge in [-0.2, -0.15) is 0 Å². The van der Waals surface area contributed by atoms with E-state index >= 15 is 0 Å². The second-order valence-electron chi connectivity index (χ2n) is 4.08. The Kier molecular flexibility index (Phi) is 6.52. The molecule has 0 aliphatic rings. The molecule has 0 radical (unpaired) electrons. The van der Waals surface area contributed by atoms with Gasteiger partial charge in [0.15, 0.2) is 0 Å². The Balaban J connectivity index is 4.57. The highest BCUT2D eigenvalue weighted by molar-refractivity contribution is 5.74. The van der Waals surface area contributed by atoms with Crippen molar-refractivity contribution in [2.24, 2.45) is 5.41 Å². The number of aliphatic hydroxyl groups is 2. The average Bonchev–Trinajstić information content (AvgIpc) is 2.23. The molecule has 0 aliphatic heterocycles. The van der Waals surface area contributed by atoms with E-state index in [2.05, 4.69) is 0 Å². The quantitative estimate of drug-likeness (QED) is 0.575. The minimum atomic E-state index is -0.932. The predicted octanol–water partition coefficient (Wildman–Crippen LogP) is 1.40. The molecule has 4 heteroatoms. The van der Waals surface area contributed by atoms with Crippen LogP contribution in [-0.2, 0) is 4.79 Å². The van der Waals surface area contributed by atoms with Gasteiger partial charge in [0, 0.05) is 0 Å². The molecule has 0 saturated carbocycles. The molecule has 0 aromatic heterocycles. The van der Waals surface area contributed by atoms with Crippen LogP contribution in [0.2, 0.25) is 0 Å². The zero-order chi connectivity index (χ0) is 11.9. The average molecular weight is 218 g/mol. The number of aliphatic hydroxyl groups excluding tert-OH is 2. The highest BCUT2D eigenvalue weighted by Gasteiger charge is 2.37. The van der Waals surface area contributed by atoms with Gasteiger partial charge in [0.05, 0.1) is 18.1 Å². The fourth-order valence-electron chi connectivity index (χ4n) is 1.80. The molecule has 0 rings (SSSR count). The lowest BCUT2D eigenvalue weighted by atomic mass is 9.76. The molecular formula is C11H22O4. The van der Waals surface area contributed by atoms with Crippen LogP contribution in [0, 0.1) is 5.41 Å². The van der Waals surface area contributed by atoms with Gasteiger partial charge >= 0.3 is 5.97 Å². The molecule has 0 aliphatic carbocycles. The topological polar surface area (TPSA) is 77.8 Å². The van der Waals surface area contributed by atoms with Gasteiger partial charge in [-0.05, 0) is 19.3 Å². The van der Waals surface area contributed by atoms with E-state index in [1.165, 1.54) is 0 Å². The standard InChI is InChI=1S/C11H22O4/c1-3-5-6-11(4-2,10(14)15)7-9(13)8-12/h9,12-13H,3-8H2,1-2H3,(H,14,15). The molecular weight excluding hydrogens is 196 g/mol. The Labute approximate surface area is 90.9 Å². The molecule has 2 atom stereocenters. The van der Waals surface area contributed by atoms with E-state index in [4.69, 9.17) is 5.11 Å². The molecule has 0 heterocycles. The maximum atomic E-state index is 11.2. The van der Waals surface area contributed by atoms with Crippen molar-refractivity contribution in [3.63, 3.8) is 0 Å². The van der Waals surface area contributed by atoms with Gasteiger partial charge in [0.25, 0.3) is 0 Å². The zero-order valence-corrected chi connectivity index (χ0v) is 9.57. The lowest BCUT2D eigenvalue weighted by molar-refractivity contribution is -0.152. The Hall–Kier alpha value is -0.610. The van der Waals surface area contributed by atoms with Crippen LogP contribution in [0.4, 0.5) is 0 Å². The predicted molar refractivity (Wildman–Crippen MR) is 57.6 cm³/mol. The summed E-state index contributed by atoms with van der Waals surface area (Å²) in [6.07, 6.45) is 2.02. The molecule has 90 valence electrons. The van der Waals surface area contributed by atoms with Crippen LogP contribution < -0.4 is 0 Å². The third-order valence-corrected chi connectivity index (χ3v) is 2.98. The summed E-state index contributed by atoms with van der Waals surface area (Å²) in [5.41, 5.74) is -0.877. The molecule has 2 unspecified atom stereocenters. The first-order chi connectivity index (χ1) is 7.02. The van der Waals surface area contributed by atoms with E-state index < -0.39 is 17.5 Å². The Bertz CT molecular complexity index is 193. The Morgan fingerprint density at radius 1 is 1.40 bits per heavy atom. The number of unbranched alkanes of at least 4 members (excludes halogenated alkanes) is 1. The first-order valence-corrected chi connectivity index (χ1v) is 5.54. The van der Waals surface area contributed by atoms with E-state index in [1.54, 1.807) is 0 Å². The summed E-state index contributed by atoms with van der Waals surface area (Å²) < 4.78 is 0. The summed E-state index contributed by atoms with van der Waals surface area (Å²) >= 11 is 0. The van der Waals surface area contributed by atoms with Gasteiger partial charge in [-0.25, -0.2) is 0 Å². The van der Waals surface area contributed by atoms with Crippen LogP contribution in [0.3, 0.4) is 0 Å². The van der Waals surface area contributed by atoms with Crippen LogP contribution >= 0.6 is 0 Å². The number of hydrogen-bond acceptors (Lipinski definition) is 3.